The minimum atomic E-state index is -0.784. The van der Waals surface area contributed by atoms with E-state index in [4.69, 9.17) is 5.73 Å². The third-order valence-electron chi connectivity index (χ3n) is 4.01. The molecule has 1 saturated heterocycles. The van der Waals surface area contributed by atoms with Gasteiger partial charge in [0.15, 0.2) is 0 Å². The fourth-order valence-electron chi connectivity index (χ4n) is 2.60. The molecular weight excluding hydrogens is 310 g/mol. The summed E-state index contributed by atoms with van der Waals surface area (Å²) in [6, 6.07) is 11.4. The normalized spacial score (nSPS) is 17.7. The van der Waals surface area contributed by atoms with Crippen LogP contribution in [0.2, 0.25) is 0 Å². The lowest BCUT2D eigenvalue weighted by molar-refractivity contribution is -0.120. The van der Waals surface area contributed by atoms with Gasteiger partial charge >= 0.3 is 0 Å². The Labute approximate surface area is 140 Å². The number of primary amides is 1. The molecule has 23 heavy (non-hydrogen) atoms. The van der Waals surface area contributed by atoms with Crippen LogP contribution in [0.1, 0.15) is 30.7 Å². The molecule has 2 amide bonds. The van der Waals surface area contributed by atoms with Gasteiger partial charge < -0.3 is 11.1 Å². The molecule has 121 valence electrons. The van der Waals surface area contributed by atoms with E-state index in [0.29, 0.717) is 12.8 Å². The van der Waals surface area contributed by atoms with E-state index in [1.54, 1.807) is 11.8 Å². The molecule has 1 heterocycles. The van der Waals surface area contributed by atoms with Crippen LogP contribution in [-0.4, -0.2) is 28.9 Å². The minimum Gasteiger partial charge on any atom is -0.369 e. The summed E-state index contributed by atoms with van der Waals surface area (Å²) in [5, 5.41) is 12.2. The van der Waals surface area contributed by atoms with E-state index in [0.717, 1.165) is 17.1 Å². The van der Waals surface area contributed by atoms with Gasteiger partial charge in [0.2, 0.25) is 11.8 Å². The molecule has 2 rings (SSSR count). The summed E-state index contributed by atoms with van der Waals surface area (Å²) in [6.07, 6.45) is 2.93. The van der Waals surface area contributed by atoms with Crippen LogP contribution in [0.5, 0.6) is 0 Å². The van der Waals surface area contributed by atoms with Gasteiger partial charge in [0, 0.05) is 0 Å². The average Bonchev–Trinajstić information content (AvgIpc) is 2.56. The Morgan fingerprint density at radius 1 is 1.35 bits per heavy atom. The van der Waals surface area contributed by atoms with E-state index in [9.17, 15) is 14.9 Å². The van der Waals surface area contributed by atoms with E-state index >= 15 is 0 Å². The van der Waals surface area contributed by atoms with Gasteiger partial charge in [-0.05, 0) is 36.3 Å². The summed E-state index contributed by atoms with van der Waals surface area (Å²) < 4.78 is 0. The highest BCUT2D eigenvalue weighted by Gasteiger charge is 2.34. The molecule has 1 aromatic carbocycles. The first-order valence-electron chi connectivity index (χ1n) is 7.55. The first kappa shape index (κ1) is 17.4. The van der Waals surface area contributed by atoms with Gasteiger partial charge in [-0.25, -0.2) is 0 Å². The van der Waals surface area contributed by atoms with Crippen molar-refractivity contribution in [2.75, 3.05) is 11.5 Å². The Hall–Kier alpha value is -2.00. The molecule has 1 fully saturated rings. The lowest BCUT2D eigenvalue weighted by atomic mass is 9.91. The zero-order chi connectivity index (χ0) is 16.7. The Morgan fingerprint density at radius 2 is 2.00 bits per heavy atom. The molecule has 0 unspecified atom stereocenters. The lowest BCUT2D eigenvalue weighted by Crippen LogP contribution is -2.49. The van der Waals surface area contributed by atoms with Crippen molar-refractivity contribution in [1.82, 2.24) is 5.32 Å². The Kier molecular flexibility index (Phi) is 6.05. The van der Waals surface area contributed by atoms with Gasteiger partial charge in [0.1, 0.15) is 5.54 Å². The second-order valence-electron chi connectivity index (χ2n) is 5.60. The summed E-state index contributed by atoms with van der Waals surface area (Å²) in [6.45, 7) is 0. The van der Waals surface area contributed by atoms with E-state index in [1.165, 1.54) is 6.42 Å². The Balaban J connectivity index is 1.94. The van der Waals surface area contributed by atoms with Crippen LogP contribution in [0, 0.1) is 17.8 Å². The van der Waals surface area contributed by atoms with Gasteiger partial charge in [0.05, 0.1) is 18.4 Å². The van der Waals surface area contributed by atoms with E-state index < -0.39 is 17.4 Å². The molecule has 6 heteroatoms. The standard InChI is InChI=1S/C17H20N3O2S/c18-12-17(8-10-23-11-9-17)20-15(21)7-6-14(16(19)22)13-4-2-1-3-5-13/h1-5,7,14H,6,8-11H2,(H2,19,22)(H,20,21)/t14-/m0/s1. The molecule has 0 aromatic heterocycles. The Morgan fingerprint density at radius 3 is 2.57 bits per heavy atom. The summed E-state index contributed by atoms with van der Waals surface area (Å²) in [5.41, 5.74) is 5.45. The van der Waals surface area contributed by atoms with Crippen molar-refractivity contribution < 1.29 is 9.59 Å². The van der Waals surface area contributed by atoms with Crippen molar-refractivity contribution in [3.05, 3.63) is 42.3 Å². The third-order valence-corrected chi connectivity index (χ3v) is 4.99. The van der Waals surface area contributed by atoms with Crippen LogP contribution in [0.25, 0.3) is 0 Å². The molecule has 1 radical (unpaired) electrons. The number of nitrogens with one attached hydrogen (secondary N) is 1. The third kappa shape index (κ3) is 4.73. The monoisotopic (exact) mass is 330 g/mol. The van der Waals surface area contributed by atoms with Crippen molar-refractivity contribution in [2.24, 2.45) is 5.73 Å². The molecule has 0 saturated carbocycles. The number of benzene rings is 1. The molecule has 0 spiro atoms. The van der Waals surface area contributed by atoms with Crippen LogP contribution in [-0.2, 0) is 9.59 Å². The molecule has 1 aliphatic heterocycles. The summed E-state index contributed by atoms with van der Waals surface area (Å²) in [4.78, 5) is 23.8. The van der Waals surface area contributed by atoms with Crippen molar-refractivity contribution in [3.8, 4) is 6.07 Å². The molecule has 3 N–H and O–H groups in total. The van der Waals surface area contributed by atoms with E-state index in [1.807, 2.05) is 30.3 Å². The first-order valence-corrected chi connectivity index (χ1v) is 8.70. The topological polar surface area (TPSA) is 96.0 Å². The van der Waals surface area contributed by atoms with Crippen LogP contribution in [0.3, 0.4) is 0 Å². The molecule has 1 aliphatic rings. The van der Waals surface area contributed by atoms with Gasteiger partial charge in [-0.3, -0.25) is 9.59 Å². The lowest BCUT2D eigenvalue weighted by Gasteiger charge is -2.31. The summed E-state index contributed by atoms with van der Waals surface area (Å²) >= 11 is 1.79. The number of carbonyl (C=O) groups is 2. The van der Waals surface area contributed by atoms with Crippen LogP contribution in [0.4, 0.5) is 0 Å². The number of thioether (sulfide) groups is 1. The Bertz CT molecular complexity index is 592. The SMILES string of the molecule is N#CC1(NC(=O)[CH]C[C@H](C(N)=O)c2ccccc2)CCSCC1. The highest BCUT2D eigenvalue weighted by Crippen LogP contribution is 2.27. The summed E-state index contributed by atoms with van der Waals surface area (Å²) in [5.74, 6) is 0.399. The average molecular weight is 330 g/mol. The number of hydrogen-bond donors (Lipinski definition) is 2. The number of nitriles is 1. The number of amides is 2. The minimum absolute atomic E-state index is 0.224. The zero-order valence-corrected chi connectivity index (χ0v) is 13.6. The van der Waals surface area contributed by atoms with Gasteiger partial charge in [-0.15, -0.1) is 0 Å². The predicted molar refractivity (Wildman–Crippen MR) is 90.3 cm³/mol. The quantitative estimate of drug-likeness (QED) is 0.830. The molecule has 5 nitrogen and oxygen atoms in total. The van der Waals surface area contributed by atoms with Crippen molar-refractivity contribution >= 4 is 23.6 Å². The van der Waals surface area contributed by atoms with Gasteiger partial charge in [-0.2, -0.15) is 17.0 Å². The second kappa shape index (κ2) is 8.02. The number of rotatable bonds is 6. The fraction of sp³-hybridized carbons (Fsp3) is 0.412. The molecule has 0 bridgehead atoms. The highest BCUT2D eigenvalue weighted by atomic mass is 32.2. The maximum Gasteiger partial charge on any atom is 0.225 e. The first-order chi connectivity index (χ1) is 11.1. The van der Waals surface area contributed by atoms with Crippen molar-refractivity contribution in [3.63, 3.8) is 0 Å². The predicted octanol–water partition coefficient (Wildman–Crippen LogP) is 1.76. The fourth-order valence-corrected chi connectivity index (χ4v) is 3.79. The number of carbonyl (C=O) groups excluding carboxylic acids is 2. The smallest absolute Gasteiger partial charge is 0.225 e. The van der Waals surface area contributed by atoms with Crippen LogP contribution in [0.15, 0.2) is 30.3 Å². The molecular formula is C17H20N3O2S. The van der Waals surface area contributed by atoms with Crippen LogP contribution < -0.4 is 11.1 Å². The summed E-state index contributed by atoms with van der Waals surface area (Å²) in [7, 11) is 0. The number of nitrogens with two attached hydrogens (primary N) is 1. The second-order valence-corrected chi connectivity index (χ2v) is 6.83. The van der Waals surface area contributed by atoms with E-state index in [-0.39, 0.29) is 12.3 Å². The number of nitrogens with zero attached hydrogens (tertiary/aromatic N) is 1. The highest BCUT2D eigenvalue weighted by molar-refractivity contribution is 7.99. The maximum atomic E-state index is 12.2. The molecule has 1 atom stereocenters. The molecule has 1 aromatic rings. The van der Waals surface area contributed by atoms with Crippen LogP contribution >= 0.6 is 11.8 Å². The van der Waals surface area contributed by atoms with E-state index in [2.05, 4.69) is 11.4 Å². The molecule has 0 aliphatic carbocycles. The number of hydrogen-bond acceptors (Lipinski definition) is 4. The zero-order valence-electron chi connectivity index (χ0n) is 12.8. The largest absolute Gasteiger partial charge is 0.369 e. The van der Waals surface area contributed by atoms with Crippen molar-refractivity contribution in [1.29, 1.82) is 5.26 Å². The van der Waals surface area contributed by atoms with Gasteiger partial charge in [-0.1, -0.05) is 30.3 Å². The van der Waals surface area contributed by atoms with Crippen molar-refractivity contribution in [2.45, 2.75) is 30.7 Å². The maximum absolute atomic E-state index is 12.2. The van der Waals surface area contributed by atoms with Gasteiger partial charge in [0.25, 0.3) is 0 Å².